The lowest BCUT2D eigenvalue weighted by molar-refractivity contribution is 0.100. The summed E-state index contributed by atoms with van der Waals surface area (Å²) in [7, 11) is 1.64. The Balaban J connectivity index is 1.45. The van der Waals surface area contributed by atoms with Crippen molar-refractivity contribution in [3.8, 4) is 16.9 Å². The van der Waals surface area contributed by atoms with Crippen molar-refractivity contribution in [1.29, 1.82) is 0 Å². The molecule has 166 valence electrons. The molecule has 2 aliphatic carbocycles. The van der Waals surface area contributed by atoms with Crippen LogP contribution in [0.25, 0.3) is 11.1 Å². The van der Waals surface area contributed by atoms with E-state index in [4.69, 9.17) is 10.5 Å². The Hall–Kier alpha value is -3.55. The quantitative estimate of drug-likeness (QED) is 0.464. The highest BCUT2D eigenvalue weighted by Gasteiger charge is 2.23. The molecule has 0 aliphatic heterocycles. The molecule has 8 heteroatoms. The minimum Gasteiger partial charge on any atom is -0.494 e. The molecule has 0 saturated heterocycles. The zero-order chi connectivity index (χ0) is 22.1. The number of amides is 1. The number of nitrogens with zero attached hydrogens (tertiary/aromatic N) is 3. The van der Waals surface area contributed by atoms with Crippen LogP contribution in [0.3, 0.4) is 0 Å². The molecule has 1 aromatic carbocycles. The third-order valence-electron chi connectivity index (χ3n) is 6.29. The second kappa shape index (κ2) is 8.53. The van der Waals surface area contributed by atoms with E-state index in [9.17, 15) is 4.79 Å². The molecule has 32 heavy (non-hydrogen) atoms. The number of benzene rings is 1. The van der Waals surface area contributed by atoms with Gasteiger partial charge in [-0.15, -0.1) is 0 Å². The molecule has 5 rings (SSSR count). The van der Waals surface area contributed by atoms with Crippen LogP contribution in [-0.2, 0) is 0 Å². The van der Waals surface area contributed by atoms with E-state index in [-0.39, 0.29) is 0 Å². The summed E-state index contributed by atoms with van der Waals surface area (Å²) >= 11 is 0. The van der Waals surface area contributed by atoms with Gasteiger partial charge in [0.1, 0.15) is 11.6 Å². The molecule has 0 unspecified atom stereocenters. The molecule has 3 aromatic rings. The normalized spacial score (nSPS) is 15.8. The molecule has 2 fully saturated rings. The lowest BCUT2D eigenvalue weighted by Crippen LogP contribution is -2.16. The van der Waals surface area contributed by atoms with Crippen molar-refractivity contribution >= 4 is 23.1 Å². The monoisotopic (exact) mass is 432 g/mol. The van der Waals surface area contributed by atoms with Crippen LogP contribution >= 0.6 is 0 Å². The molecule has 2 heterocycles. The van der Waals surface area contributed by atoms with E-state index in [1.807, 2.05) is 35.1 Å². The van der Waals surface area contributed by atoms with E-state index < -0.39 is 5.91 Å². The third kappa shape index (κ3) is 4.12. The summed E-state index contributed by atoms with van der Waals surface area (Å²) < 4.78 is 7.83. The summed E-state index contributed by atoms with van der Waals surface area (Å²) in [6.45, 7) is 0.881. The Bertz CT molecular complexity index is 1130. The maximum absolute atomic E-state index is 12.0. The van der Waals surface area contributed by atoms with Crippen LogP contribution in [0.5, 0.6) is 5.75 Å². The van der Waals surface area contributed by atoms with Crippen molar-refractivity contribution in [2.24, 2.45) is 11.7 Å². The van der Waals surface area contributed by atoms with Gasteiger partial charge in [-0.2, -0.15) is 5.10 Å². The van der Waals surface area contributed by atoms with Gasteiger partial charge < -0.3 is 21.1 Å². The first-order valence-electron chi connectivity index (χ1n) is 11.1. The summed E-state index contributed by atoms with van der Waals surface area (Å²) in [4.78, 5) is 16.4. The van der Waals surface area contributed by atoms with Crippen LogP contribution in [0.4, 0.5) is 17.2 Å². The van der Waals surface area contributed by atoms with Crippen molar-refractivity contribution in [2.75, 3.05) is 24.3 Å². The zero-order valence-corrected chi connectivity index (χ0v) is 18.2. The number of carbonyl (C=O) groups excluding carboxylic acids is 1. The number of pyridine rings is 1. The SMILES string of the molecule is COc1c(Nc2cc(NCC3CC3)ncc2C(N)=O)cccc1-c1cnn(C2CCC2)c1. The van der Waals surface area contributed by atoms with E-state index >= 15 is 0 Å². The maximum Gasteiger partial charge on any atom is 0.252 e. The summed E-state index contributed by atoms with van der Waals surface area (Å²) in [6, 6.07) is 8.20. The average molecular weight is 433 g/mol. The molecule has 0 spiro atoms. The van der Waals surface area contributed by atoms with Gasteiger partial charge in [-0.25, -0.2) is 4.98 Å². The van der Waals surface area contributed by atoms with E-state index in [0.717, 1.165) is 23.4 Å². The lowest BCUT2D eigenvalue weighted by Gasteiger charge is -2.25. The van der Waals surface area contributed by atoms with Crippen LogP contribution in [0.1, 0.15) is 48.5 Å². The minimum absolute atomic E-state index is 0.326. The lowest BCUT2D eigenvalue weighted by atomic mass is 9.93. The Morgan fingerprint density at radius 1 is 1.22 bits per heavy atom. The van der Waals surface area contributed by atoms with Crippen LogP contribution in [-0.4, -0.2) is 34.3 Å². The van der Waals surface area contributed by atoms with Gasteiger partial charge in [0.25, 0.3) is 5.91 Å². The molecule has 0 bridgehead atoms. The van der Waals surface area contributed by atoms with Gasteiger partial charge in [-0.1, -0.05) is 12.1 Å². The number of primary amides is 1. The molecule has 0 atom stereocenters. The first-order chi connectivity index (χ1) is 15.6. The van der Waals surface area contributed by atoms with Crippen LogP contribution in [0, 0.1) is 5.92 Å². The first-order valence-corrected chi connectivity index (χ1v) is 11.1. The number of para-hydroxylation sites is 1. The summed E-state index contributed by atoms with van der Waals surface area (Å²) in [5, 5.41) is 11.2. The zero-order valence-electron chi connectivity index (χ0n) is 18.2. The van der Waals surface area contributed by atoms with Crippen LogP contribution in [0.2, 0.25) is 0 Å². The van der Waals surface area contributed by atoms with Gasteiger partial charge in [0, 0.05) is 36.1 Å². The summed E-state index contributed by atoms with van der Waals surface area (Å²) in [5.74, 6) is 1.56. The Kier molecular flexibility index (Phi) is 5.43. The number of anilines is 3. The van der Waals surface area contributed by atoms with Crippen LogP contribution < -0.4 is 21.1 Å². The fourth-order valence-corrected chi connectivity index (χ4v) is 3.98. The largest absolute Gasteiger partial charge is 0.494 e. The summed E-state index contributed by atoms with van der Waals surface area (Å²) in [6.07, 6.45) is 11.6. The van der Waals surface area contributed by atoms with E-state index in [0.29, 0.717) is 34.8 Å². The Morgan fingerprint density at radius 3 is 2.75 bits per heavy atom. The number of methoxy groups -OCH3 is 1. The van der Waals surface area contributed by atoms with Gasteiger partial charge in [0.05, 0.1) is 36.3 Å². The standard InChI is InChI=1S/C24H28N6O2/c1-32-23-18(16-12-28-30(14-16)17-4-2-5-17)6-3-7-20(23)29-21-10-22(26-11-15-8-9-15)27-13-19(21)24(25)31/h3,6-7,10,12-15,17H,2,4-5,8-9,11H2,1H3,(H2,25,31)(H2,26,27,29). The molecule has 2 aliphatic rings. The molecular formula is C24H28N6O2. The van der Waals surface area contributed by atoms with E-state index in [1.54, 1.807) is 7.11 Å². The number of carbonyl (C=O) groups is 1. The highest BCUT2D eigenvalue weighted by atomic mass is 16.5. The number of nitrogens with two attached hydrogens (primary N) is 1. The van der Waals surface area contributed by atoms with Gasteiger partial charge in [-0.05, 0) is 44.1 Å². The van der Waals surface area contributed by atoms with E-state index in [2.05, 4.69) is 26.9 Å². The van der Waals surface area contributed by atoms with Crippen molar-refractivity contribution in [1.82, 2.24) is 14.8 Å². The Labute approximate surface area is 187 Å². The minimum atomic E-state index is -0.536. The number of hydrogen-bond acceptors (Lipinski definition) is 6. The van der Waals surface area contributed by atoms with Crippen molar-refractivity contribution in [3.05, 3.63) is 48.4 Å². The Morgan fingerprint density at radius 2 is 2.06 bits per heavy atom. The average Bonchev–Trinajstić information content (AvgIpc) is 3.47. The first kappa shape index (κ1) is 20.4. The van der Waals surface area contributed by atoms with Gasteiger partial charge in [0.2, 0.25) is 0 Å². The van der Waals surface area contributed by atoms with Gasteiger partial charge >= 0.3 is 0 Å². The molecule has 2 aromatic heterocycles. The fraction of sp³-hybridized carbons (Fsp3) is 0.375. The smallest absolute Gasteiger partial charge is 0.252 e. The number of ether oxygens (including phenoxy) is 1. The fourth-order valence-electron chi connectivity index (χ4n) is 3.98. The highest BCUT2D eigenvalue weighted by molar-refractivity contribution is 5.99. The number of hydrogen-bond donors (Lipinski definition) is 3. The molecule has 1 amide bonds. The molecule has 4 N–H and O–H groups in total. The highest BCUT2D eigenvalue weighted by Crippen LogP contribution is 2.40. The molecular weight excluding hydrogens is 404 g/mol. The summed E-state index contributed by atoms with van der Waals surface area (Å²) in [5.41, 5.74) is 9.19. The van der Waals surface area contributed by atoms with Crippen molar-refractivity contribution < 1.29 is 9.53 Å². The van der Waals surface area contributed by atoms with Gasteiger partial charge in [0.15, 0.2) is 0 Å². The maximum atomic E-state index is 12.0. The second-order valence-electron chi connectivity index (χ2n) is 8.61. The molecule has 8 nitrogen and oxygen atoms in total. The predicted octanol–water partition coefficient (Wildman–Crippen LogP) is 4.34. The molecule has 2 saturated carbocycles. The molecule has 0 radical (unpaired) electrons. The van der Waals surface area contributed by atoms with Gasteiger partial charge in [-0.3, -0.25) is 9.48 Å². The van der Waals surface area contributed by atoms with Crippen molar-refractivity contribution in [3.63, 3.8) is 0 Å². The van der Waals surface area contributed by atoms with Crippen LogP contribution in [0.15, 0.2) is 42.9 Å². The van der Waals surface area contributed by atoms with E-state index in [1.165, 1.54) is 38.3 Å². The third-order valence-corrected chi connectivity index (χ3v) is 6.29. The predicted molar refractivity (Wildman–Crippen MR) is 124 cm³/mol. The topological polar surface area (TPSA) is 107 Å². The van der Waals surface area contributed by atoms with Crippen molar-refractivity contribution in [2.45, 2.75) is 38.1 Å². The number of rotatable bonds is 9. The number of nitrogens with one attached hydrogen (secondary N) is 2. The second-order valence-corrected chi connectivity index (χ2v) is 8.61. The number of aromatic nitrogens is 3.